The van der Waals surface area contributed by atoms with Crippen LogP contribution >= 0.6 is 11.6 Å². The van der Waals surface area contributed by atoms with Crippen LogP contribution in [0.3, 0.4) is 0 Å². The SMILES string of the molecule is CNC(c1cc(F)ccc1Cl)C1(N(C)C)CCC(C)CC1. The predicted octanol–water partition coefficient (Wildman–Crippen LogP) is 4.25. The molecule has 1 atom stereocenters. The highest BCUT2D eigenvalue weighted by Gasteiger charge is 2.43. The van der Waals surface area contributed by atoms with Gasteiger partial charge in [-0.25, -0.2) is 4.39 Å². The van der Waals surface area contributed by atoms with E-state index >= 15 is 0 Å². The Kier molecular flexibility index (Phi) is 5.29. The van der Waals surface area contributed by atoms with Crippen LogP contribution in [0.15, 0.2) is 18.2 Å². The third-order valence-electron chi connectivity index (χ3n) is 5.13. The maximum Gasteiger partial charge on any atom is 0.123 e. The van der Waals surface area contributed by atoms with E-state index in [0.29, 0.717) is 5.02 Å². The van der Waals surface area contributed by atoms with Crippen molar-refractivity contribution in [1.29, 1.82) is 0 Å². The van der Waals surface area contributed by atoms with E-state index in [1.807, 2.05) is 7.05 Å². The van der Waals surface area contributed by atoms with Gasteiger partial charge in [-0.2, -0.15) is 0 Å². The molecule has 1 saturated carbocycles. The summed E-state index contributed by atoms with van der Waals surface area (Å²) < 4.78 is 13.7. The average molecular weight is 313 g/mol. The van der Waals surface area contributed by atoms with Crippen molar-refractivity contribution in [3.63, 3.8) is 0 Å². The predicted molar refractivity (Wildman–Crippen MR) is 87.3 cm³/mol. The van der Waals surface area contributed by atoms with Crippen molar-refractivity contribution >= 4 is 11.6 Å². The molecule has 0 radical (unpaired) electrons. The lowest BCUT2D eigenvalue weighted by atomic mass is 9.70. The van der Waals surface area contributed by atoms with Crippen LogP contribution in [0.1, 0.15) is 44.2 Å². The molecule has 1 aromatic rings. The summed E-state index contributed by atoms with van der Waals surface area (Å²) in [4.78, 5) is 2.29. The van der Waals surface area contributed by atoms with Gasteiger partial charge in [0.25, 0.3) is 0 Å². The number of benzene rings is 1. The first-order chi connectivity index (χ1) is 9.90. The Morgan fingerprint density at radius 2 is 1.95 bits per heavy atom. The van der Waals surface area contributed by atoms with Gasteiger partial charge in [-0.05, 0) is 76.5 Å². The number of hydrogen-bond acceptors (Lipinski definition) is 2. The molecule has 1 fully saturated rings. The highest BCUT2D eigenvalue weighted by atomic mass is 35.5. The van der Waals surface area contributed by atoms with Crippen molar-refractivity contribution in [2.45, 2.75) is 44.2 Å². The first-order valence-electron chi connectivity index (χ1n) is 7.70. The maximum absolute atomic E-state index is 13.7. The van der Waals surface area contributed by atoms with Gasteiger partial charge >= 0.3 is 0 Å². The molecular weight excluding hydrogens is 287 g/mol. The third-order valence-corrected chi connectivity index (χ3v) is 5.47. The smallest absolute Gasteiger partial charge is 0.123 e. The van der Waals surface area contributed by atoms with E-state index < -0.39 is 0 Å². The van der Waals surface area contributed by atoms with Gasteiger partial charge in [0.2, 0.25) is 0 Å². The fourth-order valence-corrected chi connectivity index (χ4v) is 3.93. The monoisotopic (exact) mass is 312 g/mol. The molecule has 118 valence electrons. The summed E-state index contributed by atoms with van der Waals surface area (Å²) in [5.41, 5.74) is 0.848. The molecule has 0 bridgehead atoms. The van der Waals surface area contributed by atoms with Crippen LogP contribution in [0, 0.1) is 11.7 Å². The van der Waals surface area contributed by atoms with Crippen molar-refractivity contribution in [2.24, 2.45) is 5.92 Å². The quantitative estimate of drug-likeness (QED) is 0.894. The maximum atomic E-state index is 13.7. The summed E-state index contributed by atoms with van der Waals surface area (Å²) in [6, 6.07) is 4.69. The molecule has 4 heteroatoms. The van der Waals surface area contributed by atoms with Gasteiger partial charge in [-0.1, -0.05) is 18.5 Å². The Labute approximate surface area is 132 Å². The standard InChI is InChI=1S/C17H26ClFN2/c1-12-7-9-17(10-8-12,21(3)4)16(20-2)14-11-13(19)5-6-15(14)18/h5-6,11-12,16,20H,7-10H2,1-4H3. The number of halogens is 2. The molecule has 2 rings (SSSR count). The van der Waals surface area contributed by atoms with Gasteiger partial charge in [0.05, 0.1) is 6.04 Å². The van der Waals surface area contributed by atoms with Crippen LogP contribution in [0.4, 0.5) is 4.39 Å². The Bertz CT molecular complexity index is 482. The molecule has 2 nitrogen and oxygen atoms in total. The van der Waals surface area contributed by atoms with Crippen LogP contribution in [-0.2, 0) is 0 Å². The van der Waals surface area contributed by atoms with E-state index in [0.717, 1.165) is 24.3 Å². The zero-order valence-electron chi connectivity index (χ0n) is 13.4. The first-order valence-corrected chi connectivity index (χ1v) is 8.08. The fourth-order valence-electron chi connectivity index (χ4n) is 3.71. The van der Waals surface area contributed by atoms with Crippen LogP contribution < -0.4 is 5.32 Å². The zero-order valence-corrected chi connectivity index (χ0v) is 14.2. The molecule has 0 aliphatic heterocycles. The summed E-state index contributed by atoms with van der Waals surface area (Å²) in [7, 11) is 6.18. The highest BCUT2D eigenvalue weighted by molar-refractivity contribution is 6.31. The third kappa shape index (κ3) is 3.25. The number of nitrogens with zero attached hydrogens (tertiary/aromatic N) is 1. The molecule has 0 saturated heterocycles. The molecule has 0 heterocycles. The lowest BCUT2D eigenvalue weighted by molar-refractivity contribution is 0.0455. The molecule has 0 amide bonds. The minimum absolute atomic E-state index is 0.0152. The van der Waals surface area contributed by atoms with E-state index in [-0.39, 0.29) is 17.4 Å². The van der Waals surface area contributed by atoms with Gasteiger partial charge in [0, 0.05) is 10.6 Å². The van der Waals surface area contributed by atoms with Gasteiger partial charge in [-0.15, -0.1) is 0 Å². The van der Waals surface area contributed by atoms with E-state index in [4.69, 9.17) is 11.6 Å². The molecule has 1 aromatic carbocycles. The summed E-state index contributed by atoms with van der Waals surface area (Å²) in [5, 5.41) is 4.04. The van der Waals surface area contributed by atoms with Crippen molar-refractivity contribution in [3.8, 4) is 0 Å². The second kappa shape index (κ2) is 6.64. The van der Waals surface area contributed by atoms with Crippen LogP contribution in [0.5, 0.6) is 0 Å². The summed E-state index contributed by atoms with van der Waals surface area (Å²) >= 11 is 6.36. The fraction of sp³-hybridized carbons (Fsp3) is 0.647. The summed E-state index contributed by atoms with van der Waals surface area (Å²) in [6.45, 7) is 2.31. The number of likely N-dealkylation sites (N-methyl/N-ethyl adjacent to an activating group) is 2. The van der Waals surface area contributed by atoms with Gasteiger partial charge in [0.15, 0.2) is 0 Å². The Morgan fingerprint density at radius 3 is 2.48 bits per heavy atom. The van der Waals surface area contributed by atoms with Crippen LogP contribution in [0.25, 0.3) is 0 Å². The minimum atomic E-state index is -0.229. The van der Waals surface area contributed by atoms with Crippen molar-refractivity contribution in [1.82, 2.24) is 10.2 Å². The number of rotatable bonds is 4. The molecule has 21 heavy (non-hydrogen) atoms. The molecular formula is C17H26ClFN2. The summed E-state index contributed by atoms with van der Waals surface area (Å²) in [6.07, 6.45) is 4.59. The Hall–Kier alpha value is -0.640. The Morgan fingerprint density at radius 1 is 1.33 bits per heavy atom. The van der Waals surface area contributed by atoms with E-state index in [2.05, 4.69) is 31.2 Å². The molecule has 1 N–H and O–H groups in total. The highest BCUT2D eigenvalue weighted by Crippen LogP contribution is 2.45. The van der Waals surface area contributed by atoms with Crippen LogP contribution in [0.2, 0.25) is 5.02 Å². The second-order valence-corrected chi connectivity index (χ2v) is 6.98. The van der Waals surface area contributed by atoms with Crippen LogP contribution in [-0.4, -0.2) is 31.6 Å². The average Bonchev–Trinajstić information content (AvgIpc) is 2.45. The van der Waals surface area contributed by atoms with Gasteiger partial charge in [0.1, 0.15) is 5.82 Å². The van der Waals surface area contributed by atoms with Crippen molar-refractivity contribution < 1.29 is 4.39 Å². The van der Waals surface area contributed by atoms with E-state index in [1.54, 1.807) is 12.1 Å². The lowest BCUT2D eigenvalue weighted by Gasteiger charge is -2.50. The zero-order chi connectivity index (χ0) is 15.6. The minimum Gasteiger partial charge on any atom is -0.311 e. The molecule has 0 aromatic heterocycles. The molecule has 1 unspecified atom stereocenters. The Balaban J connectivity index is 2.43. The van der Waals surface area contributed by atoms with Gasteiger partial charge < -0.3 is 10.2 Å². The topological polar surface area (TPSA) is 15.3 Å². The van der Waals surface area contributed by atoms with E-state index in [1.165, 1.54) is 18.9 Å². The molecule has 1 aliphatic rings. The first kappa shape index (κ1) is 16.7. The number of hydrogen-bond donors (Lipinski definition) is 1. The van der Waals surface area contributed by atoms with Crippen molar-refractivity contribution in [2.75, 3.05) is 21.1 Å². The summed E-state index contributed by atoms with van der Waals surface area (Å²) in [5.74, 6) is 0.534. The number of nitrogens with one attached hydrogen (secondary N) is 1. The van der Waals surface area contributed by atoms with Gasteiger partial charge in [-0.3, -0.25) is 0 Å². The second-order valence-electron chi connectivity index (χ2n) is 6.57. The normalized spacial score (nSPS) is 27.9. The van der Waals surface area contributed by atoms with Crippen molar-refractivity contribution in [3.05, 3.63) is 34.6 Å². The largest absolute Gasteiger partial charge is 0.311 e. The molecule has 1 aliphatic carbocycles. The lowest BCUT2D eigenvalue weighted by Crippen LogP contribution is -2.55. The molecule has 0 spiro atoms. The van der Waals surface area contributed by atoms with E-state index in [9.17, 15) is 4.39 Å².